The molecule has 4 heterocycles. The van der Waals surface area contributed by atoms with Gasteiger partial charge >= 0.3 is 0 Å². The van der Waals surface area contributed by atoms with Gasteiger partial charge in [-0.2, -0.15) is 9.19 Å². The number of hydrogen-bond acceptors (Lipinski definition) is 11. The molecule has 0 atom stereocenters. The van der Waals surface area contributed by atoms with E-state index in [-0.39, 0.29) is 11.4 Å². The Kier molecular flexibility index (Phi) is 9.91. The van der Waals surface area contributed by atoms with E-state index >= 15 is 0 Å². The summed E-state index contributed by atoms with van der Waals surface area (Å²) in [6, 6.07) is 12.2. The summed E-state index contributed by atoms with van der Waals surface area (Å²) in [6.45, 7) is 6.11. The smallest absolute Gasteiger partial charge is 0.256 e. The molecule has 2 saturated carbocycles. The van der Waals surface area contributed by atoms with Crippen LogP contribution in [-0.4, -0.2) is 98.6 Å². The van der Waals surface area contributed by atoms with E-state index in [9.17, 15) is 13.5 Å². The molecule has 0 spiro atoms. The first-order chi connectivity index (χ1) is 23.8. The van der Waals surface area contributed by atoms with Gasteiger partial charge in [0.15, 0.2) is 5.82 Å². The molecule has 49 heavy (non-hydrogen) atoms. The first-order valence-corrected chi connectivity index (χ1v) is 18.6. The Morgan fingerprint density at radius 2 is 1.69 bits per heavy atom. The van der Waals surface area contributed by atoms with E-state index in [0.717, 1.165) is 85.9 Å². The van der Waals surface area contributed by atoms with Gasteiger partial charge in [-0.3, -0.25) is 4.90 Å². The zero-order chi connectivity index (χ0) is 33.8. The lowest BCUT2D eigenvalue weighted by molar-refractivity contribution is 0.111. The van der Waals surface area contributed by atoms with Crippen LogP contribution in [-0.2, 0) is 16.6 Å². The normalized spacial score (nSPS) is 20.4. The van der Waals surface area contributed by atoms with Gasteiger partial charge in [-0.05, 0) is 75.3 Å². The second kappa shape index (κ2) is 14.6. The standard InChI is InChI=1S/C36H43N9O3S/c1-43-16-18-44(19-17-43)24-28-4-2-26(3-5-28)6-9-29-22-39-35(20-33(29)38-21-27-7-10-31(46)11-8-27)41-34-14-15-37-36(42-34)30-23-40-45(25-30)49(47,48)32-12-13-32/h2-5,14-15,20,22-23,25,27,31-32,46H,7-8,10-13,16-19,21,24H2,1H3,(H2,37,38,39,41,42). The van der Waals surface area contributed by atoms with E-state index in [2.05, 4.69) is 83.6 Å². The van der Waals surface area contributed by atoms with E-state index in [1.807, 2.05) is 6.07 Å². The highest BCUT2D eigenvalue weighted by atomic mass is 32.2. The van der Waals surface area contributed by atoms with E-state index in [0.29, 0.717) is 41.8 Å². The van der Waals surface area contributed by atoms with Crippen LogP contribution in [0.3, 0.4) is 0 Å². The van der Waals surface area contributed by atoms with Gasteiger partial charge in [0, 0.05) is 63.3 Å². The number of anilines is 3. The van der Waals surface area contributed by atoms with Crippen molar-refractivity contribution in [3.05, 3.63) is 77.9 Å². The van der Waals surface area contributed by atoms with Gasteiger partial charge in [0.25, 0.3) is 10.0 Å². The first-order valence-electron chi connectivity index (χ1n) is 17.1. The van der Waals surface area contributed by atoms with Gasteiger partial charge in [0.1, 0.15) is 11.6 Å². The second-order valence-electron chi connectivity index (χ2n) is 13.4. The van der Waals surface area contributed by atoms with E-state index in [1.54, 1.807) is 18.5 Å². The number of benzene rings is 1. The average molecular weight is 682 g/mol. The summed E-state index contributed by atoms with van der Waals surface area (Å²) in [7, 11) is -1.30. The van der Waals surface area contributed by atoms with Crippen LogP contribution in [0.25, 0.3) is 11.4 Å². The van der Waals surface area contributed by atoms with Crippen LogP contribution in [0.5, 0.6) is 0 Å². The van der Waals surface area contributed by atoms with E-state index < -0.39 is 10.0 Å². The highest BCUT2D eigenvalue weighted by molar-refractivity contribution is 7.90. The highest BCUT2D eigenvalue weighted by Crippen LogP contribution is 2.31. The third-order valence-corrected chi connectivity index (χ3v) is 11.6. The van der Waals surface area contributed by atoms with Crippen molar-refractivity contribution in [3.8, 4) is 23.2 Å². The Morgan fingerprint density at radius 1 is 0.918 bits per heavy atom. The molecular formula is C36H43N9O3S. The predicted molar refractivity (Wildman–Crippen MR) is 190 cm³/mol. The molecule has 0 amide bonds. The third kappa shape index (κ3) is 8.45. The minimum atomic E-state index is -3.48. The largest absolute Gasteiger partial charge is 0.393 e. The number of likely N-dealkylation sites (N-methyl/N-ethyl adjacent to an activating group) is 1. The van der Waals surface area contributed by atoms with Crippen molar-refractivity contribution in [2.75, 3.05) is 50.4 Å². The molecule has 256 valence electrons. The molecule has 7 rings (SSSR count). The lowest BCUT2D eigenvalue weighted by Gasteiger charge is -2.32. The molecule has 3 aliphatic rings. The summed E-state index contributed by atoms with van der Waals surface area (Å²) >= 11 is 0. The van der Waals surface area contributed by atoms with Gasteiger partial charge in [0.2, 0.25) is 0 Å². The van der Waals surface area contributed by atoms with Gasteiger partial charge in [-0.25, -0.2) is 23.4 Å². The molecule has 3 fully saturated rings. The Bertz CT molecular complexity index is 1920. The molecule has 1 aromatic carbocycles. The summed E-state index contributed by atoms with van der Waals surface area (Å²) in [5.41, 5.74) is 4.40. The Balaban J connectivity index is 1.07. The van der Waals surface area contributed by atoms with Crippen molar-refractivity contribution in [2.45, 2.75) is 56.4 Å². The van der Waals surface area contributed by atoms with Crippen LogP contribution in [0.4, 0.5) is 17.3 Å². The Hall–Kier alpha value is -4.35. The Morgan fingerprint density at radius 3 is 2.45 bits per heavy atom. The lowest BCUT2D eigenvalue weighted by atomic mass is 9.87. The summed E-state index contributed by atoms with van der Waals surface area (Å²) in [6.07, 6.45) is 11.1. The number of rotatable bonds is 10. The molecule has 3 aromatic heterocycles. The van der Waals surface area contributed by atoms with Gasteiger partial charge < -0.3 is 20.6 Å². The zero-order valence-electron chi connectivity index (χ0n) is 27.8. The fourth-order valence-electron chi connectivity index (χ4n) is 6.25. The number of aliphatic hydroxyl groups excluding tert-OH is 1. The maximum Gasteiger partial charge on any atom is 0.256 e. The quantitative estimate of drug-likeness (QED) is 0.210. The monoisotopic (exact) mass is 681 g/mol. The molecule has 12 nitrogen and oxygen atoms in total. The van der Waals surface area contributed by atoms with E-state index in [4.69, 9.17) is 0 Å². The number of hydrogen-bond donors (Lipinski definition) is 3. The number of piperazine rings is 1. The molecule has 0 bridgehead atoms. The lowest BCUT2D eigenvalue weighted by Crippen LogP contribution is -2.43. The predicted octanol–water partition coefficient (Wildman–Crippen LogP) is 3.93. The third-order valence-electron chi connectivity index (χ3n) is 9.54. The van der Waals surface area contributed by atoms with Crippen LogP contribution >= 0.6 is 0 Å². The van der Waals surface area contributed by atoms with Crippen LogP contribution in [0.1, 0.15) is 55.2 Å². The van der Waals surface area contributed by atoms with Crippen molar-refractivity contribution in [1.82, 2.24) is 33.9 Å². The minimum absolute atomic E-state index is 0.197. The molecule has 13 heteroatoms. The van der Waals surface area contributed by atoms with Crippen molar-refractivity contribution in [2.24, 2.45) is 5.92 Å². The van der Waals surface area contributed by atoms with Crippen molar-refractivity contribution in [1.29, 1.82) is 0 Å². The topological polar surface area (TPSA) is 141 Å². The van der Waals surface area contributed by atoms with Crippen molar-refractivity contribution < 1.29 is 13.5 Å². The Labute approximate surface area is 288 Å². The van der Waals surface area contributed by atoms with E-state index in [1.165, 1.54) is 18.0 Å². The number of aliphatic hydroxyl groups is 1. The van der Waals surface area contributed by atoms with Crippen LogP contribution in [0, 0.1) is 17.8 Å². The molecule has 2 aliphatic carbocycles. The van der Waals surface area contributed by atoms with Crippen molar-refractivity contribution >= 4 is 27.3 Å². The molecule has 0 unspecified atom stereocenters. The number of nitrogens with zero attached hydrogens (tertiary/aromatic N) is 7. The summed E-state index contributed by atoms with van der Waals surface area (Å²) in [4.78, 5) is 18.5. The maximum atomic E-state index is 12.6. The fraction of sp³-hybridized carbons (Fsp3) is 0.444. The van der Waals surface area contributed by atoms with Crippen molar-refractivity contribution in [3.63, 3.8) is 0 Å². The number of nitrogens with one attached hydrogen (secondary N) is 2. The molecular weight excluding hydrogens is 639 g/mol. The SMILES string of the molecule is CN1CCN(Cc2ccc(C#Cc3cnc(Nc4ccnc(-c5cnn(S(=O)(=O)C6CC6)c5)n4)cc3NCC3CCC(O)CC3)cc2)CC1. The summed E-state index contributed by atoms with van der Waals surface area (Å²) in [5, 5.41) is 20.6. The fourth-order valence-corrected chi connectivity index (χ4v) is 7.72. The average Bonchev–Trinajstić information content (AvgIpc) is 3.86. The molecule has 0 radical (unpaired) electrons. The van der Waals surface area contributed by atoms with Crippen LogP contribution in [0.15, 0.2) is 61.2 Å². The molecule has 3 N–H and O–H groups in total. The first kappa shape index (κ1) is 33.2. The number of pyridine rings is 1. The molecule has 1 saturated heterocycles. The minimum Gasteiger partial charge on any atom is -0.393 e. The van der Waals surface area contributed by atoms with Crippen LogP contribution in [0.2, 0.25) is 0 Å². The summed E-state index contributed by atoms with van der Waals surface area (Å²) < 4.78 is 26.2. The molecule has 4 aromatic rings. The van der Waals surface area contributed by atoms with Gasteiger partial charge in [0.05, 0.1) is 40.6 Å². The molecule has 1 aliphatic heterocycles. The van der Waals surface area contributed by atoms with Gasteiger partial charge in [-0.1, -0.05) is 24.0 Å². The zero-order valence-corrected chi connectivity index (χ0v) is 28.6. The second-order valence-corrected chi connectivity index (χ2v) is 15.5. The maximum absolute atomic E-state index is 12.6. The summed E-state index contributed by atoms with van der Waals surface area (Å²) in [5.74, 6) is 8.58. The highest BCUT2D eigenvalue weighted by Gasteiger charge is 2.37. The van der Waals surface area contributed by atoms with Crippen LogP contribution < -0.4 is 10.6 Å². The number of aromatic nitrogens is 5. The van der Waals surface area contributed by atoms with Gasteiger partial charge in [-0.15, -0.1) is 0 Å².